The molecule has 0 aliphatic heterocycles. The molecule has 1 N–H and O–H groups in total. The van der Waals surface area contributed by atoms with Crippen LogP contribution in [0.15, 0.2) is 10.9 Å². The van der Waals surface area contributed by atoms with Gasteiger partial charge in [0.2, 0.25) is 0 Å². The lowest BCUT2D eigenvalue weighted by Crippen LogP contribution is -2.32. The van der Waals surface area contributed by atoms with E-state index in [1.165, 1.54) is 36.9 Å². The second-order valence-electron chi connectivity index (χ2n) is 6.19. The largest absolute Gasteiger partial charge is 0.312 e. The van der Waals surface area contributed by atoms with Crippen LogP contribution in [-0.4, -0.2) is 11.1 Å². The number of hydrogen-bond acceptors (Lipinski definition) is 2. The highest BCUT2D eigenvalue weighted by Crippen LogP contribution is 2.21. The Morgan fingerprint density at radius 2 is 1.90 bits per heavy atom. The van der Waals surface area contributed by atoms with Gasteiger partial charge in [-0.15, -0.1) is 0 Å². The van der Waals surface area contributed by atoms with E-state index in [1.807, 2.05) is 0 Å². The van der Waals surface area contributed by atoms with Crippen LogP contribution in [0.25, 0.3) is 0 Å². The van der Waals surface area contributed by atoms with Crippen LogP contribution in [0.3, 0.4) is 0 Å². The van der Waals surface area contributed by atoms with E-state index in [1.54, 1.807) is 0 Å². The van der Waals surface area contributed by atoms with E-state index in [0.717, 1.165) is 50.9 Å². The van der Waals surface area contributed by atoms with Crippen LogP contribution in [0.4, 0.5) is 0 Å². The summed E-state index contributed by atoms with van der Waals surface area (Å²) in [4.78, 5) is 12.7. The van der Waals surface area contributed by atoms with Gasteiger partial charge in [0.25, 0.3) is 5.56 Å². The summed E-state index contributed by atoms with van der Waals surface area (Å²) in [6, 6.07) is 2.18. The predicted octanol–water partition coefficient (Wildman–Crippen LogP) is 3.42. The molecule has 118 valence electrons. The maximum Gasteiger partial charge on any atom is 0.255 e. The minimum atomic E-state index is 0.244. The van der Waals surface area contributed by atoms with Gasteiger partial charge in [0.05, 0.1) is 0 Å². The Bertz CT molecular complexity index is 505. The molecular weight excluding hydrogens is 260 g/mol. The minimum Gasteiger partial charge on any atom is -0.312 e. The second-order valence-corrected chi connectivity index (χ2v) is 6.19. The normalized spacial score (nSPS) is 14.2. The molecule has 3 heteroatoms. The fraction of sp³-hybridized carbons (Fsp3) is 0.722. The standard InChI is InChI=1S/C18H30N2O/c1-3-5-11-19-14-16-13-15-9-7-8-10-17(15)20(18(16)21)12-6-4-2/h13,19H,3-12,14H2,1-2H3. The van der Waals surface area contributed by atoms with Crippen molar-refractivity contribution in [3.8, 4) is 0 Å². The Morgan fingerprint density at radius 1 is 1.14 bits per heavy atom. The molecule has 0 unspecified atom stereocenters. The highest BCUT2D eigenvalue weighted by Gasteiger charge is 2.17. The molecule has 2 rings (SSSR count). The maximum absolute atomic E-state index is 12.7. The van der Waals surface area contributed by atoms with E-state index in [4.69, 9.17) is 0 Å². The van der Waals surface area contributed by atoms with E-state index < -0.39 is 0 Å². The molecule has 1 aliphatic carbocycles. The number of aromatic nitrogens is 1. The number of unbranched alkanes of at least 4 members (excludes halogenated alkanes) is 2. The molecule has 1 heterocycles. The summed E-state index contributed by atoms with van der Waals surface area (Å²) in [6.07, 6.45) is 9.32. The molecule has 0 bridgehead atoms. The molecular formula is C18H30N2O. The van der Waals surface area contributed by atoms with Crippen molar-refractivity contribution in [2.45, 2.75) is 78.3 Å². The molecule has 21 heavy (non-hydrogen) atoms. The quantitative estimate of drug-likeness (QED) is 0.744. The number of aryl methyl sites for hydroxylation is 1. The molecule has 1 aliphatic rings. The SMILES string of the molecule is CCCCNCc1cc2c(n(CCCC)c1=O)CCCC2. The summed E-state index contributed by atoms with van der Waals surface area (Å²) in [5.41, 5.74) is 3.94. The topological polar surface area (TPSA) is 34.0 Å². The number of pyridine rings is 1. The predicted molar refractivity (Wildman–Crippen MR) is 88.9 cm³/mol. The van der Waals surface area contributed by atoms with E-state index in [9.17, 15) is 4.79 Å². The Hall–Kier alpha value is -1.09. The van der Waals surface area contributed by atoms with Crippen LogP contribution in [0.2, 0.25) is 0 Å². The summed E-state index contributed by atoms with van der Waals surface area (Å²) < 4.78 is 2.08. The molecule has 0 atom stereocenters. The van der Waals surface area contributed by atoms with Gasteiger partial charge in [-0.3, -0.25) is 4.79 Å². The van der Waals surface area contributed by atoms with Gasteiger partial charge in [-0.25, -0.2) is 0 Å². The lowest BCUT2D eigenvalue weighted by atomic mass is 9.94. The summed E-state index contributed by atoms with van der Waals surface area (Å²) in [7, 11) is 0. The number of fused-ring (bicyclic) bond motifs is 1. The Morgan fingerprint density at radius 3 is 2.67 bits per heavy atom. The van der Waals surface area contributed by atoms with Gasteiger partial charge in [-0.2, -0.15) is 0 Å². The third-order valence-corrected chi connectivity index (χ3v) is 4.43. The smallest absolute Gasteiger partial charge is 0.255 e. The monoisotopic (exact) mass is 290 g/mol. The summed E-state index contributed by atoms with van der Waals surface area (Å²) in [5, 5.41) is 3.42. The first kappa shape index (κ1) is 16.3. The van der Waals surface area contributed by atoms with Gasteiger partial charge in [-0.05, 0) is 56.7 Å². The lowest BCUT2D eigenvalue weighted by molar-refractivity contribution is 0.539. The third kappa shape index (κ3) is 4.19. The molecule has 1 aromatic rings. The van der Waals surface area contributed by atoms with Crippen LogP contribution in [0.5, 0.6) is 0 Å². The van der Waals surface area contributed by atoms with E-state index >= 15 is 0 Å². The van der Waals surface area contributed by atoms with Gasteiger partial charge in [0.15, 0.2) is 0 Å². The van der Waals surface area contributed by atoms with E-state index in [0.29, 0.717) is 0 Å². The molecule has 0 spiro atoms. The van der Waals surface area contributed by atoms with Crippen molar-refractivity contribution in [1.82, 2.24) is 9.88 Å². The third-order valence-electron chi connectivity index (χ3n) is 4.43. The van der Waals surface area contributed by atoms with Crippen molar-refractivity contribution in [2.24, 2.45) is 0 Å². The van der Waals surface area contributed by atoms with Crippen LogP contribution < -0.4 is 10.9 Å². The molecule has 3 nitrogen and oxygen atoms in total. The number of rotatable bonds is 8. The number of nitrogens with zero attached hydrogens (tertiary/aromatic N) is 1. The van der Waals surface area contributed by atoms with Crippen molar-refractivity contribution < 1.29 is 0 Å². The molecule has 0 saturated carbocycles. The average Bonchev–Trinajstić information content (AvgIpc) is 2.51. The van der Waals surface area contributed by atoms with Crippen LogP contribution in [-0.2, 0) is 25.9 Å². The zero-order valence-corrected chi connectivity index (χ0v) is 13.7. The molecule has 0 radical (unpaired) electrons. The summed E-state index contributed by atoms with van der Waals surface area (Å²) in [5.74, 6) is 0. The van der Waals surface area contributed by atoms with Crippen molar-refractivity contribution in [3.05, 3.63) is 33.2 Å². The van der Waals surface area contributed by atoms with Crippen molar-refractivity contribution in [1.29, 1.82) is 0 Å². The van der Waals surface area contributed by atoms with Crippen LogP contribution in [0.1, 0.15) is 69.2 Å². The van der Waals surface area contributed by atoms with Gasteiger partial charge >= 0.3 is 0 Å². The fourth-order valence-electron chi connectivity index (χ4n) is 3.15. The first-order valence-electron chi connectivity index (χ1n) is 8.73. The van der Waals surface area contributed by atoms with Crippen LogP contribution >= 0.6 is 0 Å². The van der Waals surface area contributed by atoms with Crippen LogP contribution in [0, 0.1) is 0 Å². The van der Waals surface area contributed by atoms with Crippen molar-refractivity contribution in [3.63, 3.8) is 0 Å². The molecule has 0 amide bonds. The minimum absolute atomic E-state index is 0.244. The van der Waals surface area contributed by atoms with Gasteiger partial charge in [0, 0.05) is 24.3 Å². The Labute approximate surface area is 128 Å². The number of hydrogen-bond donors (Lipinski definition) is 1. The molecule has 1 aromatic heterocycles. The average molecular weight is 290 g/mol. The molecule has 0 fully saturated rings. The molecule has 0 saturated heterocycles. The van der Waals surface area contributed by atoms with Gasteiger partial charge < -0.3 is 9.88 Å². The zero-order valence-electron chi connectivity index (χ0n) is 13.7. The highest BCUT2D eigenvalue weighted by molar-refractivity contribution is 5.29. The summed E-state index contributed by atoms with van der Waals surface area (Å²) >= 11 is 0. The Balaban J connectivity index is 2.22. The van der Waals surface area contributed by atoms with E-state index in [2.05, 4.69) is 29.8 Å². The second kappa shape index (κ2) is 8.38. The lowest BCUT2D eigenvalue weighted by Gasteiger charge is -2.22. The zero-order chi connectivity index (χ0) is 15.1. The summed E-state index contributed by atoms with van der Waals surface area (Å²) in [6.45, 7) is 6.99. The van der Waals surface area contributed by atoms with Crippen molar-refractivity contribution in [2.75, 3.05) is 6.54 Å². The van der Waals surface area contributed by atoms with E-state index in [-0.39, 0.29) is 5.56 Å². The number of nitrogens with one attached hydrogen (secondary N) is 1. The maximum atomic E-state index is 12.7. The fourth-order valence-corrected chi connectivity index (χ4v) is 3.15. The first-order chi connectivity index (χ1) is 10.3. The first-order valence-corrected chi connectivity index (χ1v) is 8.73. The van der Waals surface area contributed by atoms with Gasteiger partial charge in [0.1, 0.15) is 0 Å². The van der Waals surface area contributed by atoms with Crippen molar-refractivity contribution >= 4 is 0 Å². The highest BCUT2D eigenvalue weighted by atomic mass is 16.1. The van der Waals surface area contributed by atoms with Gasteiger partial charge in [-0.1, -0.05) is 26.7 Å². The Kier molecular flexibility index (Phi) is 6.50. The molecule has 0 aromatic carbocycles.